The lowest BCUT2D eigenvalue weighted by Gasteiger charge is -2.61. The van der Waals surface area contributed by atoms with E-state index in [4.69, 9.17) is 6.42 Å². The van der Waals surface area contributed by atoms with Crippen molar-refractivity contribution < 1.29 is 20.4 Å². The molecule has 0 saturated heterocycles. The molecule has 4 aliphatic rings. The van der Waals surface area contributed by atoms with Gasteiger partial charge in [0.05, 0.1) is 18.3 Å². The molecule has 0 spiro atoms. The fourth-order valence-corrected chi connectivity index (χ4v) is 6.99. The molecule has 4 aliphatic carbocycles. The molecule has 25 heavy (non-hydrogen) atoms. The van der Waals surface area contributed by atoms with E-state index in [9.17, 15) is 20.4 Å². The Morgan fingerprint density at radius 2 is 1.88 bits per heavy atom. The van der Waals surface area contributed by atoms with Crippen LogP contribution in [0.4, 0.5) is 0 Å². The number of hydrogen-bond acceptors (Lipinski definition) is 4. The van der Waals surface area contributed by atoms with E-state index in [1.807, 2.05) is 13.0 Å². The largest absolute Gasteiger partial charge is 0.393 e. The Labute approximate surface area is 150 Å². The maximum atomic E-state index is 11.2. The van der Waals surface area contributed by atoms with Crippen molar-refractivity contribution in [2.24, 2.45) is 28.6 Å². The van der Waals surface area contributed by atoms with Crippen molar-refractivity contribution >= 4 is 0 Å². The molecule has 4 N–H and O–H groups in total. The summed E-state index contributed by atoms with van der Waals surface area (Å²) in [5, 5.41) is 43.2. The van der Waals surface area contributed by atoms with Gasteiger partial charge in [0.2, 0.25) is 0 Å². The first kappa shape index (κ1) is 17.5. The van der Waals surface area contributed by atoms with Gasteiger partial charge in [-0.2, -0.15) is 0 Å². The smallest absolute Gasteiger partial charge is 0.130 e. The van der Waals surface area contributed by atoms with Gasteiger partial charge >= 0.3 is 0 Å². The van der Waals surface area contributed by atoms with Gasteiger partial charge < -0.3 is 20.4 Å². The second-order valence-electron chi connectivity index (χ2n) is 9.44. The van der Waals surface area contributed by atoms with E-state index in [1.54, 1.807) is 0 Å². The predicted molar refractivity (Wildman–Crippen MR) is 94.3 cm³/mol. The standard InChI is InChI=1S/C21H30O4/c1-4-21(25)8-6-14-17-15(23)10-12-9-13(22)5-7-19(12,2)18(17)16(24)11-20(14,21)3/h1,10,13-18,22-25H,5-9,11H2,2-3H3/t13-,14?,15?,16?,17?,18?,19-,20-,21-/m0/s1. The molecule has 0 aromatic carbocycles. The predicted octanol–water partition coefficient (Wildman–Crippen LogP) is 1.62. The second-order valence-corrected chi connectivity index (χ2v) is 9.44. The minimum Gasteiger partial charge on any atom is -0.393 e. The van der Waals surface area contributed by atoms with E-state index < -0.39 is 23.2 Å². The van der Waals surface area contributed by atoms with Crippen LogP contribution in [0.5, 0.6) is 0 Å². The van der Waals surface area contributed by atoms with Gasteiger partial charge in [-0.1, -0.05) is 31.4 Å². The zero-order valence-corrected chi connectivity index (χ0v) is 15.2. The normalized spacial score (nSPS) is 57.7. The summed E-state index contributed by atoms with van der Waals surface area (Å²) in [6.07, 6.45) is 9.90. The molecule has 0 amide bonds. The Balaban J connectivity index is 1.80. The van der Waals surface area contributed by atoms with E-state index in [1.165, 1.54) is 0 Å². The van der Waals surface area contributed by atoms with Crippen LogP contribution in [-0.4, -0.2) is 44.3 Å². The highest BCUT2D eigenvalue weighted by Gasteiger charge is 2.67. The van der Waals surface area contributed by atoms with Gasteiger partial charge in [-0.3, -0.25) is 0 Å². The maximum absolute atomic E-state index is 11.2. The molecule has 0 heterocycles. The molecule has 0 radical (unpaired) electrons. The number of hydrogen-bond donors (Lipinski definition) is 4. The van der Waals surface area contributed by atoms with Crippen LogP contribution in [0.1, 0.15) is 52.4 Å². The molecular formula is C21H30O4. The molecule has 4 nitrogen and oxygen atoms in total. The minimum absolute atomic E-state index is 0.0480. The zero-order valence-electron chi connectivity index (χ0n) is 15.2. The number of terminal acetylenes is 1. The van der Waals surface area contributed by atoms with Crippen molar-refractivity contribution in [2.75, 3.05) is 0 Å². The van der Waals surface area contributed by atoms with Gasteiger partial charge in [0.25, 0.3) is 0 Å². The Hall–Kier alpha value is -0.860. The molecule has 5 unspecified atom stereocenters. The van der Waals surface area contributed by atoms with Gasteiger partial charge in [-0.05, 0) is 61.7 Å². The van der Waals surface area contributed by atoms with Gasteiger partial charge in [-0.15, -0.1) is 6.42 Å². The van der Waals surface area contributed by atoms with Gasteiger partial charge in [0.1, 0.15) is 5.60 Å². The van der Waals surface area contributed by atoms with Crippen LogP contribution in [0.3, 0.4) is 0 Å². The molecule has 138 valence electrons. The molecule has 0 aliphatic heterocycles. The van der Waals surface area contributed by atoms with Crippen molar-refractivity contribution in [3.05, 3.63) is 11.6 Å². The molecule has 3 saturated carbocycles. The molecule has 4 rings (SSSR count). The third-order valence-electron chi connectivity index (χ3n) is 8.43. The van der Waals surface area contributed by atoms with Crippen LogP contribution in [0, 0.1) is 40.9 Å². The van der Waals surface area contributed by atoms with E-state index in [2.05, 4.69) is 12.8 Å². The lowest BCUT2D eigenvalue weighted by atomic mass is 9.45. The van der Waals surface area contributed by atoms with Crippen molar-refractivity contribution in [3.63, 3.8) is 0 Å². The molecule has 9 atom stereocenters. The summed E-state index contributed by atoms with van der Waals surface area (Å²) in [7, 11) is 0. The summed E-state index contributed by atoms with van der Waals surface area (Å²) in [5.74, 6) is 2.55. The first-order chi connectivity index (χ1) is 11.7. The Kier molecular flexibility index (Phi) is 3.74. The Bertz CT molecular complexity index is 651. The molecule has 3 fully saturated rings. The molecular weight excluding hydrogens is 316 g/mol. The first-order valence-electron chi connectivity index (χ1n) is 9.62. The highest BCUT2D eigenvalue weighted by molar-refractivity contribution is 5.31. The number of fused-ring (bicyclic) bond motifs is 5. The van der Waals surface area contributed by atoms with Crippen LogP contribution in [0.2, 0.25) is 0 Å². The lowest BCUT2D eigenvalue weighted by molar-refractivity contribution is -0.172. The quantitative estimate of drug-likeness (QED) is 0.397. The van der Waals surface area contributed by atoms with Crippen molar-refractivity contribution in [2.45, 2.75) is 76.3 Å². The Morgan fingerprint density at radius 1 is 1.16 bits per heavy atom. The fourth-order valence-electron chi connectivity index (χ4n) is 6.99. The van der Waals surface area contributed by atoms with Gasteiger partial charge in [0, 0.05) is 5.41 Å². The van der Waals surface area contributed by atoms with E-state index in [-0.39, 0.29) is 29.3 Å². The Morgan fingerprint density at radius 3 is 2.56 bits per heavy atom. The first-order valence-corrected chi connectivity index (χ1v) is 9.62. The zero-order chi connectivity index (χ0) is 18.2. The highest BCUT2D eigenvalue weighted by Crippen LogP contribution is 2.66. The summed E-state index contributed by atoms with van der Waals surface area (Å²) >= 11 is 0. The fraction of sp³-hybridized carbons (Fsp3) is 0.810. The molecule has 4 heteroatoms. The summed E-state index contributed by atoms with van der Waals surface area (Å²) in [5.41, 5.74) is -0.885. The van der Waals surface area contributed by atoms with Crippen molar-refractivity contribution in [1.82, 2.24) is 0 Å². The summed E-state index contributed by atoms with van der Waals surface area (Å²) < 4.78 is 0. The van der Waals surface area contributed by atoms with E-state index in [0.717, 1.165) is 24.8 Å². The summed E-state index contributed by atoms with van der Waals surface area (Å²) in [4.78, 5) is 0. The molecule has 0 aromatic heterocycles. The van der Waals surface area contributed by atoms with Crippen molar-refractivity contribution in [3.8, 4) is 12.3 Å². The monoisotopic (exact) mass is 346 g/mol. The van der Waals surface area contributed by atoms with E-state index in [0.29, 0.717) is 19.3 Å². The van der Waals surface area contributed by atoms with Gasteiger partial charge in [-0.25, -0.2) is 0 Å². The molecule has 0 aromatic rings. The number of aliphatic hydroxyl groups excluding tert-OH is 3. The average Bonchev–Trinajstić information content (AvgIpc) is 2.81. The second kappa shape index (κ2) is 5.33. The van der Waals surface area contributed by atoms with Crippen LogP contribution < -0.4 is 0 Å². The minimum atomic E-state index is -1.21. The van der Waals surface area contributed by atoms with Gasteiger partial charge in [0.15, 0.2) is 0 Å². The SMILES string of the molecule is C#C[C@]1(O)CCC2C3C(O)C=C4C[C@@H](O)CC[C@]4(C)C3C(O)C[C@@]21C. The topological polar surface area (TPSA) is 80.9 Å². The highest BCUT2D eigenvalue weighted by atomic mass is 16.3. The summed E-state index contributed by atoms with van der Waals surface area (Å²) in [6.45, 7) is 4.17. The lowest BCUT2D eigenvalue weighted by Crippen LogP contribution is -2.62. The van der Waals surface area contributed by atoms with Crippen LogP contribution in [0.25, 0.3) is 0 Å². The maximum Gasteiger partial charge on any atom is 0.130 e. The average molecular weight is 346 g/mol. The van der Waals surface area contributed by atoms with Crippen molar-refractivity contribution in [1.29, 1.82) is 0 Å². The van der Waals surface area contributed by atoms with Crippen LogP contribution >= 0.6 is 0 Å². The third kappa shape index (κ3) is 2.10. The van der Waals surface area contributed by atoms with Crippen LogP contribution in [0.15, 0.2) is 11.6 Å². The summed E-state index contributed by atoms with van der Waals surface area (Å²) in [6, 6.07) is 0. The number of rotatable bonds is 0. The number of aliphatic hydroxyl groups is 4. The van der Waals surface area contributed by atoms with Crippen LogP contribution in [-0.2, 0) is 0 Å². The molecule has 0 bridgehead atoms. The van der Waals surface area contributed by atoms with E-state index >= 15 is 0 Å². The third-order valence-corrected chi connectivity index (χ3v) is 8.43.